The monoisotopic (exact) mass is 277 g/mol. The molecule has 1 saturated heterocycles. The average Bonchev–Trinajstić information content (AvgIpc) is 2.34. The molecule has 1 unspecified atom stereocenters. The van der Waals surface area contributed by atoms with Crippen LogP contribution in [0.25, 0.3) is 0 Å². The minimum Gasteiger partial charge on any atom is -0.366 e. The second-order valence-corrected chi connectivity index (χ2v) is 6.93. The maximum atomic E-state index is 6.12. The summed E-state index contributed by atoms with van der Waals surface area (Å²) in [6.07, 6.45) is 1.97. The van der Waals surface area contributed by atoms with Gasteiger partial charge in [0, 0.05) is 19.1 Å². The highest BCUT2D eigenvalue weighted by Gasteiger charge is 2.38. The van der Waals surface area contributed by atoms with Crippen LogP contribution in [0, 0.1) is 0 Å². The molecule has 1 atom stereocenters. The lowest BCUT2D eigenvalue weighted by Crippen LogP contribution is -2.57. The van der Waals surface area contributed by atoms with Crippen LogP contribution in [0.4, 0.5) is 5.69 Å². The molecular formula is C16H27N3O. The Hall–Kier alpha value is -1.13. The SMILES string of the molecule is CNC(C)c1ccc(N2CC(C)(C)OC(C)(C)C2)cn1. The lowest BCUT2D eigenvalue weighted by Gasteiger charge is -2.48. The van der Waals surface area contributed by atoms with Crippen molar-refractivity contribution in [3.8, 4) is 0 Å². The predicted molar refractivity (Wildman–Crippen MR) is 83.2 cm³/mol. The highest BCUT2D eigenvalue weighted by Crippen LogP contribution is 2.31. The zero-order valence-corrected chi connectivity index (χ0v) is 13.5. The number of ether oxygens (including phenoxy) is 1. The standard InChI is InChI=1S/C16H27N3O/c1-12(17-6)14-8-7-13(9-18-14)19-10-15(2,3)20-16(4,5)11-19/h7-9,12,17H,10-11H2,1-6H3. The van der Waals surface area contributed by atoms with Crippen molar-refractivity contribution >= 4 is 5.69 Å². The van der Waals surface area contributed by atoms with Gasteiger partial charge in [-0.2, -0.15) is 0 Å². The first-order valence-electron chi connectivity index (χ1n) is 7.31. The van der Waals surface area contributed by atoms with E-state index in [0.29, 0.717) is 0 Å². The third kappa shape index (κ3) is 3.49. The number of hydrogen-bond acceptors (Lipinski definition) is 4. The Labute approximate surface area is 122 Å². The van der Waals surface area contributed by atoms with Crippen molar-refractivity contribution in [3.63, 3.8) is 0 Å². The van der Waals surface area contributed by atoms with Gasteiger partial charge in [0.25, 0.3) is 0 Å². The van der Waals surface area contributed by atoms with E-state index in [2.05, 4.69) is 62.0 Å². The van der Waals surface area contributed by atoms with E-state index in [1.807, 2.05) is 13.2 Å². The van der Waals surface area contributed by atoms with Gasteiger partial charge in [-0.15, -0.1) is 0 Å². The van der Waals surface area contributed by atoms with Gasteiger partial charge < -0.3 is 15.0 Å². The van der Waals surface area contributed by atoms with E-state index in [1.54, 1.807) is 0 Å². The summed E-state index contributed by atoms with van der Waals surface area (Å²) in [4.78, 5) is 6.94. The lowest BCUT2D eigenvalue weighted by molar-refractivity contribution is -0.133. The number of morpholine rings is 1. The molecule has 20 heavy (non-hydrogen) atoms. The normalized spacial score (nSPS) is 22.6. The van der Waals surface area contributed by atoms with Crippen molar-refractivity contribution in [1.82, 2.24) is 10.3 Å². The summed E-state index contributed by atoms with van der Waals surface area (Å²) in [5.41, 5.74) is 1.96. The van der Waals surface area contributed by atoms with E-state index >= 15 is 0 Å². The molecule has 0 aliphatic carbocycles. The first kappa shape index (κ1) is 15.3. The summed E-state index contributed by atoms with van der Waals surface area (Å²) in [6, 6.07) is 4.54. The van der Waals surface area contributed by atoms with E-state index in [4.69, 9.17) is 4.74 Å². The number of nitrogens with one attached hydrogen (secondary N) is 1. The average molecular weight is 277 g/mol. The van der Waals surface area contributed by atoms with Crippen LogP contribution in [0.3, 0.4) is 0 Å². The Balaban J connectivity index is 2.18. The highest BCUT2D eigenvalue weighted by molar-refractivity contribution is 5.46. The molecule has 112 valence electrons. The molecule has 4 heteroatoms. The van der Waals surface area contributed by atoms with E-state index in [0.717, 1.165) is 18.8 Å². The van der Waals surface area contributed by atoms with Crippen LogP contribution in [0.15, 0.2) is 18.3 Å². The summed E-state index contributed by atoms with van der Waals surface area (Å²) in [5.74, 6) is 0. The summed E-state index contributed by atoms with van der Waals surface area (Å²) in [6.45, 7) is 12.5. The van der Waals surface area contributed by atoms with Gasteiger partial charge in [-0.05, 0) is 53.8 Å². The number of pyridine rings is 1. The van der Waals surface area contributed by atoms with Crippen LogP contribution in [-0.2, 0) is 4.74 Å². The van der Waals surface area contributed by atoms with E-state index < -0.39 is 0 Å². The van der Waals surface area contributed by atoms with Crippen LogP contribution < -0.4 is 10.2 Å². The summed E-state index contributed by atoms with van der Waals surface area (Å²) in [7, 11) is 1.95. The molecule has 1 fully saturated rings. The van der Waals surface area contributed by atoms with Crippen molar-refractivity contribution in [2.45, 2.75) is 51.9 Å². The van der Waals surface area contributed by atoms with E-state index in [-0.39, 0.29) is 17.2 Å². The molecule has 1 aromatic rings. The quantitative estimate of drug-likeness (QED) is 0.922. The Morgan fingerprint density at radius 1 is 1.20 bits per heavy atom. The van der Waals surface area contributed by atoms with Crippen LogP contribution in [0.5, 0.6) is 0 Å². The van der Waals surface area contributed by atoms with Gasteiger partial charge in [0.1, 0.15) is 0 Å². The largest absolute Gasteiger partial charge is 0.366 e. The number of anilines is 1. The van der Waals surface area contributed by atoms with Crippen molar-refractivity contribution in [3.05, 3.63) is 24.0 Å². The first-order chi connectivity index (χ1) is 9.22. The Morgan fingerprint density at radius 2 is 1.80 bits per heavy atom. The van der Waals surface area contributed by atoms with Gasteiger partial charge in [0.05, 0.1) is 28.8 Å². The molecule has 0 spiro atoms. The van der Waals surface area contributed by atoms with Gasteiger partial charge >= 0.3 is 0 Å². The lowest BCUT2D eigenvalue weighted by atomic mass is 9.98. The predicted octanol–water partition coefficient (Wildman–Crippen LogP) is 2.76. The molecule has 0 aromatic carbocycles. The van der Waals surface area contributed by atoms with Gasteiger partial charge in [0.15, 0.2) is 0 Å². The Morgan fingerprint density at radius 3 is 2.25 bits per heavy atom. The minimum atomic E-state index is -0.140. The van der Waals surface area contributed by atoms with E-state index in [9.17, 15) is 0 Å². The molecule has 1 aliphatic heterocycles. The maximum absolute atomic E-state index is 6.12. The molecule has 0 amide bonds. The zero-order valence-electron chi connectivity index (χ0n) is 13.5. The fraction of sp³-hybridized carbons (Fsp3) is 0.688. The maximum Gasteiger partial charge on any atom is 0.0808 e. The molecule has 0 bridgehead atoms. The van der Waals surface area contributed by atoms with Gasteiger partial charge in [0.2, 0.25) is 0 Å². The van der Waals surface area contributed by atoms with Crippen LogP contribution in [0.1, 0.15) is 46.4 Å². The fourth-order valence-electron chi connectivity index (χ4n) is 2.96. The molecule has 2 heterocycles. The van der Waals surface area contributed by atoms with E-state index in [1.165, 1.54) is 5.69 Å². The molecule has 0 saturated carbocycles. The van der Waals surface area contributed by atoms with Crippen molar-refractivity contribution in [2.75, 3.05) is 25.0 Å². The minimum absolute atomic E-state index is 0.140. The van der Waals surface area contributed by atoms with Crippen molar-refractivity contribution in [1.29, 1.82) is 0 Å². The molecule has 1 aromatic heterocycles. The van der Waals surface area contributed by atoms with Crippen molar-refractivity contribution in [2.24, 2.45) is 0 Å². The van der Waals surface area contributed by atoms with Gasteiger partial charge in [-0.1, -0.05) is 0 Å². The zero-order chi connectivity index (χ0) is 15.0. The third-order valence-corrected chi connectivity index (χ3v) is 3.71. The summed E-state index contributed by atoms with van der Waals surface area (Å²) in [5, 5.41) is 3.21. The van der Waals surface area contributed by atoms with Gasteiger partial charge in [-0.3, -0.25) is 4.98 Å². The highest BCUT2D eigenvalue weighted by atomic mass is 16.5. The number of hydrogen-bond donors (Lipinski definition) is 1. The molecule has 2 rings (SSSR count). The van der Waals surface area contributed by atoms with Crippen LogP contribution >= 0.6 is 0 Å². The topological polar surface area (TPSA) is 37.4 Å². The number of rotatable bonds is 3. The second kappa shape index (κ2) is 5.34. The summed E-state index contributed by atoms with van der Waals surface area (Å²) < 4.78 is 6.12. The van der Waals surface area contributed by atoms with Crippen LogP contribution in [0.2, 0.25) is 0 Å². The summed E-state index contributed by atoms with van der Waals surface area (Å²) >= 11 is 0. The van der Waals surface area contributed by atoms with Crippen LogP contribution in [-0.4, -0.2) is 36.3 Å². The molecule has 0 radical (unpaired) electrons. The van der Waals surface area contributed by atoms with Crippen molar-refractivity contribution < 1.29 is 4.74 Å². The Kier molecular flexibility index (Phi) is 4.07. The smallest absolute Gasteiger partial charge is 0.0808 e. The third-order valence-electron chi connectivity index (χ3n) is 3.71. The number of aromatic nitrogens is 1. The fourth-order valence-corrected chi connectivity index (χ4v) is 2.96. The molecular weight excluding hydrogens is 250 g/mol. The number of nitrogens with zero attached hydrogens (tertiary/aromatic N) is 2. The van der Waals surface area contributed by atoms with Gasteiger partial charge in [-0.25, -0.2) is 0 Å². The molecule has 1 aliphatic rings. The molecule has 4 nitrogen and oxygen atoms in total. The second-order valence-electron chi connectivity index (χ2n) is 6.93. The first-order valence-corrected chi connectivity index (χ1v) is 7.31. The molecule has 1 N–H and O–H groups in total. The Bertz CT molecular complexity index is 437.